The highest BCUT2D eigenvalue weighted by Gasteiger charge is 2.36. The fourth-order valence-electron chi connectivity index (χ4n) is 3.49. The molecule has 2 N–H and O–H groups in total. The van der Waals surface area contributed by atoms with E-state index in [2.05, 4.69) is 42.7 Å². The van der Waals surface area contributed by atoms with Crippen molar-refractivity contribution >= 4 is 17.4 Å². The first-order valence-electron chi connectivity index (χ1n) is 10.2. The Kier molecular flexibility index (Phi) is 6.78. The Labute approximate surface area is 172 Å². The molecule has 0 radical (unpaired) electrons. The summed E-state index contributed by atoms with van der Waals surface area (Å²) >= 11 is 0. The summed E-state index contributed by atoms with van der Waals surface area (Å²) in [5.74, 6) is -0.581. The van der Waals surface area contributed by atoms with E-state index in [0.29, 0.717) is 11.3 Å². The molecule has 150 valence electrons. The summed E-state index contributed by atoms with van der Waals surface area (Å²) in [6, 6.07) is 17.2. The maximum Gasteiger partial charge on any atom is 0.249 e. The minimum atomic E-state index is -0.987. The summed E-state index contributed by atoms with van der Waals surface area (Å²) in [6.07, 6.45) is 8.88. The summed E-state index contributed by atoms with van der Waals surface area (Å²) in [7, 11) is 0. The minimum Gasteiger partial charge on any atom is -0.324 e. The van der Waals surface area contributed by atoms with Crippen LogP contribution < -0.4 is 10.6 Å². The number of amides is 1. The minimum absolute atomic E-state index is 0.231. The van der Waals surface area contributed by atoms with Gasteiger partial charge in [0.25, 0.3) is 0 Å². The average molecular weight is 389 g/mol. The van der Waals surface area contributed by atoms with Crippen LogP contribution in [0.25, 0.3) is 0 Å². The lowest BCUT2D eigenvalue weighted by atomic mass is 9.84. The number of para-hydroxylation sites is 1. The molecule has 2 aromatic carbocycles. The molecule has 4 nitrogen and oxygen atoms in total. The third kappa shape index (κ3) is 5.09. The first-order chi connectivity index (χ1) is 14.1. The van der Waals surface area contributed by atoms with E-state index in [0.717, 1.165) is 19.3 Å². The van der Waals surface area contributed by atoms with E-state index in [1.54, 1.807) is 12.1 Å². The number of nitrogens with one attached hydrogen (secondary N) is 2. The molecule has 3 rings (SSSR count). The van der Waals surface area contributed by atoms with Gasteiger partial charge < -0.3 is 5.32 Å². The number of carbonyl (C=O) groups is 2. The third-order valence-corrected chi connectivity index (χ3v) is 5.44. The van der Waals surface area contributed by atoms with Crippen LogP contribution in [0.4, 0.5) is 5.69 Å². The molecule has 29 heavy (non-hydrogen) atoms. The van der Waals surface area contributed by atoms with Gasteiger partial charge in [-0.2, -0.15) is 0 Å². The summed E-state index contributed by atoms with van der Waals surface area (Å²) in [5.41, 5.74) is 2.03. The number of allylic oxidation sites excluding steroid dienone is 2. The molecule has 4 heteroatoms. The smallest absolute Gasteiger partial charge is 0.249 e. The number of ketones is 1. The molecule has 1 aliphatic rings. The third-order valence-electron chi connectivity index (χ3n) is 5.44. The van der Waals surface area contributed by atoms with Crippen molar-refractivity contribution < 1.29 is 9.59 Å². The summed E-state index contributed by atoms with van der Waals surface area (Å²) in [4.78, 5) is 26.4. The van der Waals surface area contributed by atoms with Crippen molar-refractivity contribution in [2.24, 2.45) is 0 Å². The fraction of sp³-hybridized carbons (Fsp3) is 0.280. The van der Waals surface area contributed by atoms with Crippen LogP contribution in [-0.2, 0) is 4.79 Å². The van der Waals surface area contributed by atoms with Gasteiger partial charge >= 0.3 is 0 Å². The Morgan fingerprint density at radius 3 is 2.21 bits per heavy atom. The van der Waals surface area contributed by atoms with Gasteiger partial charge in [0.15, 0.2) is 11.8 Å². The number of Topliss-reactive ketones (excluding diaryl/α,β-unsaturated/α-hetero) is 1. The van der Waals surface area contributed by atoms with Crippen molar-refractivity contribution in [1.29, 1.82) is 0 Å². The standard InChI is InChI=1S/C25H28N2O2/c1-3-19-15-17-25(4-2,18-16-19)27-22(23(28)20-11-7-5-8-12-20)24(29)26-21-13-9-6-10-14-21/h5-17,22,27H,3-4,18H2,1-2H3,(H,26,29). The predicted octanol–water partition coefficient (Wildman–Crippen LogP) is 4.91. The van der Waals surface area contributed by atoms with Gasteiger partial charge in [-0.25, -0.2) is 0 Å². The van der Waals surface area contributed by atoms with E-state index in [9.17, 15) is 9.59 Å². The normalized spacial score (nSPS) is 19.3. The molecular weight excluding hydrogens is 360 g/mol. The Morgan fingerprint density at radius 2 is 1.66 bits per heavy atom. The van der Waals surface area contributed by atoms with Gasteiger partial charge in [0.05, 0.1) is 0 Å². The van der Waals surface area contributed by atoms with Crippen molar-refractivity contribution in [3.63, 3.8) is 0 Å². The molecule has 2 aromatic rings. The number of hydrogen-bond donors (Lipinski definition) is 2. The van der Waals surface area contributed by atoms with Crippen LogP contribution in [0.5, 0.6) is 0 Å². The lowest BCUT2D eigenvalue weighted by molar-refractivity contribution is -0.117. The zero-order valence-electron chi connectivity index (χ0n) is 17.0. The maximum atomic E-state index is 13.3. The van der Waals surface area contributed by atoms with Crippen LogP contribution in [0.3, 0.4) is 0 Å². The Balaban J connectivity index is 1.88. The van der Waals surface area contributed by atoms with Gasteiger partial charge in [-0.15, -0.1) is 0 Å². The van der Waals surface area contributed by atoms with Crippen LogP contribution in [-0.4, -0.2) is 23.3 Å². The number of anilines is 1. The largest absolute Gasteiger partial charge is 0.324 e. The van der Waals surface area contributed by atoms with Crippen molar-refractivity contribution in [2.75, 3.05) is 5.32 Å². The van der Waals surface area contributed by atoms with Crippen molar-refractivity contribution in [1.82, 2.24) is 5.32 Å². The number of rotatable bonds is 8. The van der Waals surface area contributed by atoms with Gasteiger partial charge in [0, 0.05) is 16.8 Å². The molecule has 1 amide bonds. The van der Waals surface area contributed by atoms with Gasteiger partial charge in [0.2, 0.25) is 5.91 Å². The van der Waals surface area contributed by atoms with Crippen LogP contribution in [0.2, 0.25) is 0 Å². The Bertz CT molecular complexity index is 903. The highest BCUT2D eigenvalue weighted by Crippen LogP contribution is 2.27. The first kappa shape index (κ1) is 20.7. The van der Waals surface area contributed by atoms with E-state index in [1.165, 1.54) is 5.57 Å². The summed E-state index contributed by atoms with van der Waals surface area (Å²) in [6.45, 7) is 4.19. The Hall–Kier alpha value is -2.98. The second-order valence-corrected chi connectivity index (χ2v) is 7.34. The second kappa shape index (κ2) is 9.48. The van der Waals surface area contributed by atoms with Gasteiger partial charge in [-0.1, -0.05) is 86.2 Å². The molecule has 0 bridgehead atoms. The molecule has 0 aliphatic heterocycles. The van der Waals surface area contributed by atoms with E-state index in [4.69, 9.17) is 0 Å². The maximum absolute atomic E-state index is 13.3. The second-order valence-electron chi connectivity index (χ2n) is 7.34. The van der Waals surface area contributed by atoms with Crippen molar-refractivity contribution in [3.05, 3.63) is 90.0 Å². The topological polar surface area (TPSA) is 58.2 Å². The van der Waals surface area contributed by atoms with Crippen molar-refractivity contribution in [3.8, 4) is 0 Å². The molecule has 0 heterocycles. The predicted molar refractivity (Wildman–Crippen MR) is 118 cm³/mol. The molecular formula is C25H28N2O2. The van der Waals surface area contributed by atoms with Crippen LogP contribution in [0.15, 0.2) is 84.5 Å². The number of carbonyl (C=O) groups excluding carboxylic acids is 2. The Morgan fingerprint density at radius 1 is 1.00 bits per heavy atom. The molecule has 0 spiro atoms. The molecule has 0 saturated heterocycles. The van der Waals surface area contributed by atoms with Gasteiger partial charge in [0.1, 0.15) is 0 Å². The molecule has 2 atom stereocenters. The van der Waals surface area contributed by atoms with E-state index in [1.807, 2.05) is 48.5 Å². The molecule has 0 fully saturated rings. The fourth-order valence-corrected chi connectivity index (χ4v) is 3.49. The van der Waals surface area contributed by atoms with Gasteiger partial charge in [-0.3, -0.25) is 14.9 Å². The van der Waals surface area contributed by atoms with E-state index >= 15 is 0 Å². The highest BCUT2D eigenvalue weighted by molar-refractivity contribution is 6.17. The highest BCUT2D eigenvalue weighted by atomic mass is 16.2. The number of benzene rings is 2. The van der Waals surface area contributed by atoms with Crippen LogP contribution in [0, 0.1) is 0 Å². The summed E-state index contributed by atoms with van der Waals surface area (Å²) in [5, 5.41) is 6.27. The average Bonchev–Trinajstić information content (AvgIpc) is 2.78. The monoisotopic (exact) mass is 388 g/mol. The first-order valence-corrected chi connectivity index (χ1v) is 10.2. The van der Waals surface area contributed by atoms with Crippen LogP contribution >= 0.6 is 0 Å². The van der Waals surface area contributed by atoms with E-state index < -0.39 is 11.6 Å². The molecule has 1 aliphatic carbocycles. The zero-order valence-corrected chi connectivity index (χ0v) is 17.0. The zero-order chi connectivity index (χ0) is 20.7. The van der Waals surface area contributed by atoms with Crippen molar-refractivity contribution in [2.45, 2.75) is 44.7 Å². The molecule has 0 aromatic heterocycles. The lowest BCUT2D eigenvalue weighted by Gasteiger charge is -2.35. The van der Waals surface area contributed by atoms with Gasteiger partial charge in [-0.05, 0) is 31.4 Å². The molecule has 2 unspecified atom stereocenters. The molecule has 0 saturated carbocycles. The quantitative estimate of drug-likeness (QED) is 0.499. The lowest BCUT2D eigenvalue weighted by Crippen LogP contribution is -2.56. The SMILES string of the molecule is CCC1=CCC(CC)(NC(C(=O)Nc2ccccc2)C(=O)c2ccccc2)C=C1. The van der Waals surface area contributed by atoms with Crippen LogP contribution in [0.1, 0.15) is 43.5 Å². The number of hydrogen-bond acceptors (Lipinski definition) is 3. The summed E-state index contributed by atoms with van der Waals surface area (Å²) < 4.78 is 0. The van der Waals surface area contributed by atoms with E-state index in [-0.39, 0.29) is 11.7 Å².